The van der Waals surface area contributed by atoms with Crippen LogP contribution in [0.5, 0.6) is 0 Å². The lowest BCUT2D eigenvalue weighted by Gasteiger charge is -2.30. The molecule has 0 radical (unpaired) electrons. The summed E-state index contributed by atoms with van der Waals surface area (Å²) in [5.41, 5.74) is 0.387. The minimum atomic E-state index is -2.73. The SMILES string of the molecule is CO[Si](CC(C)C(=O)O[Si](C)(C)C(C)C)(OC)OC. The Morgan fingerprint density at radius 2 is 1.42 bits per heavy atom. The standard InChI is InChI=1S/C12H28O5Si2/c1-10(2)18(7,8)17-12(13)11(3)9-19(14-4,15-5)16-6/h10-11H,9H2,1-8H3. The quantitative estimate of drug-likeness (QED) is 0.645. The molecule has 0 saturated carbocycles. The number of hydrogen-bond acceptors (Lipinski definition) is 5. The van der Waals surface area contributed by atoms with Gasteiger partial charge in [0.2, 0.25) is 0 Å². The van der Waals surface area contributed by atoms with Gasteiger partial charge in [0.1, 0.15) is 0 Å². The summed E-state index contributed by atoms with van der Waals surface area (Å²) >= 11 is 0. The van der Waals surface area contributed by atoms with E-state index in [2.05, 4.69) is 26.9 Å². The van der Waals surface area contributed by atoms with E-state index in [1.807, 2.05) is 6.92 Å². The van der Waals surface area contributed by atoms with Gasteiger partial charge >= 0.3 is 8.80 Å². The normalized spacial score (nSPS) is 14.6. The topological polar surface area (TPSA) is 54.0 Å². The zero-order chi connectivity index (χ0) is 15.3. The molecule has 0 rings (SSSR count). The van der Waals surface area contributed by atoms with Crippen LogP contribution in [-0.4, -0.2) is 44.4 Å². The fourth-order valence-electron chi connectivity index (χ4n) is 1.44. The summed E-state index contributed by atoms with van der Waals surface area (Å²) in [6.45, 7) is 10.1. The van der Waals surface area contributed by atoms with Crippen LogP contribution < -0.4 is 0 Å². The number of rotatable bonds is 8. The highest BCUT2D eigenvalue weighted by Crippen LogP contribution is 2.25. The van der Waals surface area contributed by atoms with Crippen LogP contribution in [0.3, 0.4) is 0 Å². The van der Waals surface area contributed by atoms with Gasteiger partial charge in [-0.2, -0.15) is 0 Å². The zero-order valence-electron chi connectivity index (χ0n) is 13.4. The molecule has 0 N–H and O–H groups in total. The number of carbonyl (C=O) groups excluding carboxylic acids is 1. The maximum atomic E-state index is 12.2. The molecule has 0 amide bonds. The van der Waals surface area contributed by atoms with Gasteiger partial charge in [0.15, 0.2) is 0 Å². The average Bonchev–Trinajstić information content (AvgIpc) is 2.35. The van der Waals surface area contributed by atoms with Crippen molar-refractivity contribution in [1.82, 2.24) is 0 Å². The van der Waals surface area contributed by atoms with Crippen LogP contribution in [0.1, 0.15) is 20.8 Å². The molecule has 0 heterocycles. The highest BCUT2D eigenvalue weighted by atomic mass is 28.4. The van der Waals surface area contributed by atoms with Crippen LogP contribution in [0.4, 0.5) is 0 Å². The first-order valence-electron chi connectivity index (χ1n) is 6.52. The van der Waals surface area contributed by atoms with Crippen molar-refractivity contribution in [2.75, 3.05) is 21.3 Å². The second-order valence-electron chi connectivity index (χ2n) is 5.58. The molecule has 0 aromatic rings. The molecule has 1 unspecified atom stereocenters. The molecule has 1 atom stereocenters. The molecular formula is C12H28O5Si2. The molecule has 0 aromatic heterocycles. The Morgan fingerprint density at radius 3 is 1.74 bits per heavy atom. The smallest absolute Gasteiger partial charge is 0.501 e. The molecule has 0 aliphatic rings. The molecule has 0 fully saturated rings. The van der Waals surface area contributed by atoms with Gasteiger partial charge in [0.25, 0.3) is 14.3 Å². The highest BCUT2D eigenvalue weighted by molar-refractivity contribution is 6.74. The molecular weight excluding hydrogens is 280 g/mol. The molecule has 0 aliphatic heterocycles. The molecule has 114 valence electrons. The van der Waals surface area contributed by atoms with E-state index in [0.717, 1.165) is 0 Å². The largest absolute Gasteiger partial charge is 0.519 e. The Kier molecular flexibility index (Phi) is 7.45. The van der Waals surface area contributed by atoms with Crippen molar-refractivity contribution < 1.29 is 22.5 Å². The van der Waals surface area contributed by atoms with E-state index in [4.69, 9.17) is 17.7 Å². The van der Waals surface area contributed by atoms with Crippen molar-refractivity contribution in [2.24, 2.45) is 5.92 Å². The van der Waals surface area contributed by atoms with Gasteiger partial charge in [-0.1, -0.05) is 20.8 Å². The predicted molar refractivity (Wildman–Crippen MR) is 79.4 cm³/mol. The first kappa shape index (κ1) is 18.8. The lowest BCUT2D eigenvalue weighted by atomic mass is 10.2. The fraction of sp³-hybridized carbons (Fsp3) is 0.917. The van der Waals surface area contributed by atoms with Crippen molar-refractivity contribution in [1.29, 1.82) is 0 Å². The third kappa shape index (κ3) is 5.35. The molecule has 0 saturated heterocycles. The van der Waals surface area contributed by atoms with Gasteiger partial charge in [-0.15, -0.1) is 0 Å². The van der Waals surface area contributed by atoms with E-state index in [0.29, 0.717) is 11.6 Å². The lowest BCUT2D eigenvalue weighted by Crippen LogP contribution is -2.46. The molecule has 5 nitrogen and oxygen atoms in total. The minimum absolute atomic E-state index is 0.187. The summed E-state index contributed by atoms with van der Waals surface area (Å²) in [4.78, 5) is 12.2. The van der Waals surface area contributed by atoms with E-state index in [-0.39, 0.29) is 11.9 Å². The maximum absolute atomic E-state index is 12.2. The van der Waals surface area contributed by atoms with E-state index in [9.17, 15) is 4.79 Å². The number of hydrogen-bond donors (Lipinski definition) is 0. The minimum Gasteiger partial charge on any atom is -0.519 e. The lowest BCUT2D eigenvalue weighted by molar-refractivity contribution is -0.139. The summed E-state index contributed by atoms with van der Waals surface area (Å²) in [7, 11) is -0.0631. The number of carbonyl (C=O) groups is 1. The Hall–Kier alpha value is -0.216. The van der Waals surface area contributed by atoms with Crippen molar-refractivity contribution in [3.05, 3.63) is 0 Å². The van der Waals surface area contributed by atoms with Gasteiger partial charge in [0, 0.05) is 27.4 Å². The van der Waals surface area contributed by atoms with E-state index < -0.39 is 17.1 Å². The van der Waals surface area contributed by atoms with E-state index in [1.165, 1.54) is 0 Å². The Morgan fingerprint density at radius 1 is 1.00 bits per heavy atom. The third-order valence-electron chi connectivity index (χ3n) is 3.65. The Bertz CT molecular complexity index is 282. The van der Waals surface area contributed by atoms with Crippen LogP contribution >= 0.6 is 0 Å². The second-order valence-corrected chi connectivity index (χ2v) is 13.1. The average molecular weight is 309 g/mol. The summed E-state index contributed by atoms with van der Waals surface area (Å²) < 4.78 is 21.7. The van der Waals surface area contributed by atoms with Gasteiger partial charge in [0.05, 0.1) is 5.92 Å². The summed E-state index contributed by atoms with van der Waals surface area (Å²) in [6, 6.07) is 0.428. The Balaban J connectivity index is 4.67. The first-order chi connectivity index (χ1) is 8.64. The molecule has 19 heavy (non-hydrogen) atoms. The summed E-state index contributed by atoms with van der Waals surface area (Å²) in [5.74, 6) is -0.481. The third-order valence-corrected chi connectivity index (χ3v) is 10.1. The molecule has 0 aliphatic carbocycles. The van der Waals surface area contributed by atoms with Gasteiger partial charge in [-0.25, -0.2) is 0 Å². The molecule has 7 heteroatoms. The van der Waals surface area contributed by atoms with Gasteiger partial charge in [-0.05, 0) is 18.6 Å². The van der Waals surface area contributed by atoms with Crippen molar-refractivity contribution >= 4 is 23.1 Å². The van der Waals surface area contributed by atoms with Crippen molar-refractivity contribution in [3.8, 4) is 0 Å². The monoisotopic (exact) mass is 308 g/mol. The fourth-order valence-corrected chi connectivity index (χ4v) is 4.31. The summed E-state index contributed by atoms with van der Waals surface area (Å²) in [6.07, 6.45) is 0. The van der Waals surface area contributed by atoms with Crippen molar-refractivity contribution in [2.45, 2.75) is 45.5 Å². The molecule has 0 aromatic carbocycles. The highest BCUT2D eigenvalue weighted by Gasteiger charge is 2.42. The van der Waals surface area contributed by atoms with Gasteiger partial charge < -0.3 is 17.7 Å². The summed E-state index contributed by atoms with van der Waals surface area (Å²) in [5, 5.41) is 0. The van der Waals surface area contributed by atoms with Gasteiger partial charge in [-0.3, -0.25) is 4.79 Å². The zero-order valence-corrected chi connectivity index (χ0v) is 15.4. The van der Waals surface area contributed by atoms with Crippen LogP contribution in [0, 0.1) is 5.92 Å². The van der Waals surface area contributed by atoms with E-state index in [1.54, 1.807) is 21.3 Å². The Labute approximate surface area is 119 Å². The maximum Gasteiger partial charge on any atom is 0.501 e. The molecule has 0 spiro atoms. The molecule has 0 bridgehead atoms. The van der Waals surface area contributed by atoms with Crippen LogP contribution in [-0.2, 0) is 22.5 Å². The van der Waals surface area contributed by atoms with Crippen molar-refractivity contribution in [3.63, 3.8) is 0 Å². The van der Waals surface area contributed by atoms with Crippen LogP contribution in [0.25, 0.3) is 0 Å². The second kappa shape index (κ2) is 7.54. The predicted octanol–water partition coefficient (Wildman–Crippen LogP) is 2.66. The van der Waals surface area contributed by atoms with E-state index >= 15 is 0 Å². The van der Waals surface area contributed by atoms with Crippen LogP contribution in [0.2, 0.25) is 24.7 Å². The van der Waals surface area contributed by atoms with Crippen LogP contribution in [0.15, 0.2) is 0 Å². The first-order valence-corrected chi connectivity index (χ1v) is 11.4.